The summed E-state index contributed by atoms with van der Waals surface area (Å²) in [6, 6.07) is 0. The fourth-order valence-electron chi connectivity index (χ4n) is 2.80. The van der Waals surface area contributed by atoms with Crippen LogP contribution in [-0.2, 0) is 0 Å². The average molecular weight is 240 g/mol. The minimum Gasteiger partial charge on any atom is -0.0654 e. The maximum atomic E-state index is 2.44. The lowest BCUT2D eigenvalue weighted by atomic mass is 9.92. The molecule has 0 aliphatic heterocycles. The third-order valence-electron chi connectivity index (χ3n) is 3.82. The van der Waals surface area contributed by atoms with E-state index in [0.29, 0.717) is 0 Å². The summed E-state index contributed by atoms with van der Waals surface area (Å²) in [5.74, 6) is 2.77. The fourth-order valence-corrected chi connectivity index (χ4v) is 2.80. The highest BCUT2D eigenvalue weighted by Crippen LogP contribution is 2.20. The Labute approximate surface area is 111 Å². The molecule has 17 heavy (non-hydrogen) atoms. The third-order valence-corrected chi connectivity index (χ3v) is 3.82. The van der Waals surface area contributed by atoms with Gasteiger partial charge in [0.05, 0.1) is 0 Å². The van der Waals surface area contributed by atoms with Crippen molar-refractivity contribution in [3.8, 4) is 0 Å². The van der Waals surface area contributed by atoms with Gasteiger partial charge in [-0.05, 0) is 24.2 Å². The Morgan fingerprint density at radius 2 is 1.12 bits per heavy atom. The minimum atomic E-state index is 0.873. The highest BCUT2D eigenvalue weighted by molar-refractivity contribution is 4.59. The van der Waals surface area contributed by atoms with E-state index in [-0.39, 0.29) is 0 Å². The van der Waals surface area contributed by atoms with E-state index in [2.05, 4.69) is 34.6 Å². The van der Waals surface area contributed by atoms with Crippen LogP contribution in [-0.4, -0.2) is 0 Å². The van der Waals surface area contributed by atoms with Gasteiger partial charge in [0.1, 0.15) is 0 Å². The van der Waals surface area contributed by atoms with E-state index in [1.165, 1.54) is 57.8 Å². The molecular formula is C17H36. The van der Waals surface area contributed by atoms with Crippen molar-refractivity contribution in [1.29, 1.82) is 0 Å². The van der Waals surface area contributed by atoms with Gasteiger partial charge >= 0.3 is 0 Å². The van der Waals surface area contributed by atoms with E-state index in [4.69, 9.17) is 0 Å². The highest BCUT2D eigenvalue weighted by Gasteiger charge is 2.06. The second kappa shape index (κ2) is 11.1. The molecule has 0 nitrogen and oxygen atoms in total. The van der Waals surface area contributed by atoms with Gasteiger partial charge in [-0.3, -0.25) is 0 Å². The Bertz CT molecular complexity index is 148. The van der Waals surface area contributed by atoms with Gasteiger partial charge in [0.15, 0.2) is 0 Å². The van der Waals surface area contributed by atoms with Crippen LogP contribution in [0, 0.1) is 17.8 Å². The monoisotopic (exact) mass is 240 g/mol. The summed E-state index contributed by atoms with van der Waals surface area (Å²) in [5, 5.41) is 0. The van der Waals surface area contributed by atoms with Crippen LogP contribution in [0.25, 0.3) is 0 Å². The zero-order valence-electron chi connectivity index (χ0n) is 13.1. The van der Waals surface area contributed by atoms with Gasteiger partial charge in [0.2, 0.25) is 0 Å². The van der Waals surface area contributed by atoms with Crippen LogP contribution in [0.2, 0.25) is 0 Å². The summed E-state index contributed by atoms with van der Waals surface area (Å²) < 4.78 is 0. The van der Waals surface area contributed by atoms with E-state index in [9.17, 15) is 0 Å². The molecule has 0 heterocycles. The molecule has 0 radical (unpaired) electrons. The van der Waals surface area contributed by atoms with Gasteiger partial charge in [-0.15, -0.1) is 0 Å². The first-order valence-corrected chi connectivity index (χ1v) is 8.06. The first-order chi connectivity index (χ1) is 8.06. The van der Waals surface area contributed by atoms with Gasteiger partial charge in [-0.25, -0.2) is 0 Å². The van der Waals surface area contributed by atoms with Crippen LogP contribution < -0.4 is 0 Å². The predicted octanol–water partition coefficient (Wildman–Crippen LogP) is 6.45. The highest BCUT2D eigenvalue weighted by atomic mass is 14.1. The summed E-state index contributed by atoms with van der Waals surface area (Å²) in [7, 11) is 0. The molecule has 0 amide bonds. The maximum Gasteiger partial charge on any atom is -0.0440 e. The van der Waals surface area contributed by atoms with E-state index < -0.39 is 0 Å². The quantitative estimate of drug-likeness (QED) is 0.364. The molecular weight excluding hydrogens is 204 g/mol. The molecule has 0 heteroatoms. The normalized spacial score (nSPS) is 15.2. The van der Waals surface area contributed by atoms with Crippen LogP contribution in [0.4, 0.5) is 0 Å². The van der Waals surface area contributed by atoms with Crippen molar-refractivity contribution >= 4 is 0 Å². The molecule has 0 bridgehead atoms. The van der Waals surface area contributed by atoms with E-state index in [0.717, 1.165) is 17.8 Å². The van der Waals surface area contributed by atoms with Crippen molar-refractivity contribution < 1.29 is 0 Å². The summed E-state index contributed by atoms with van der Waals surface area (Å²) in [6.07, 6.45) is 12.9. The molecule has 2 unspecified atom stereocenters. The Kier molecular flexibility index (Phi) is 11.1. The summed E-state index contributed by atoms with van der Waals surface area (Å²) in [5.41, 5.74) is 0. The first kappa shape index (κ1) is 17.0. The van der Waals surface area contributed by atoms with Gasteiger partial charge in [0.25, 0.3) is 0 Å². The standard InChI is InChI=1S/C17H36/c1-6-7-8-11-16(4)12-9-10-13-17(5)14-15(2)3/h15-17H,6-14H2,1-5H3. The Balaban J connectivity index is 3.31. The molecule has 0 spiro atoms. The van der Waals surface area contributed by atoms with E-state index in [1.807, 2.05) is 0 Å². The number of hydrogen-bond donors (Lipinski definition) is 0. The van der Waals surface area contributed by atoms with Crippen molar-refractivity contribution in [3.63, 3.8) is 0 Å². The minimum absolute atomic E-state index is 0.873. The third kappa shape index (κ3) is 12.2. The second-order valence-electron chi connectivity index (χ2n) is 6.62. The molecule has 0 saturated carbocycles. The molecule has 0 fully saturated rings. The lowest BCUT2D eigenvalue weighted by molar-refractivity contribution is 0.381. The average Bonchev–Trinajstić information content (AvgIpc) is 2.24. The van der Waals surface area contributed by atoms with Gasteiger partial charge in [0, 0.05) is 0 Å². The van der Waals surface area contributed by atoms with Crippen LogP contribution in [0.1, 0.15) is 92.4 Å². The van der Waals surface area contributed by atoms with Crippen molar-refractivity contribution in [1.82, 2.24) is 0 Å². The topological polar surface area (TPSA) is 0 Å². The number of hydrogen-bond acceptors (Lipinski definition) is 0. The summed E-state index contributed by atoms with van der Waals surface area (Å²) in [6.45, 7) is 11.8. The Morgan fingerprint density at radius 3 is 1.59 bits per heavy atom. The lowest BCUT2D eigenvalue weighted by Gasteiger charge is -2.15. The smallest absolute Gasteiger partial charge is 0.0440 e. The molecule has 2 atom stereocenters. The largest absolute Gasteiger partial charge is 0.0654 e. The van der Waals surface area contributed by atoms with Crippen molar-refractivity contribution in [2.75, 3.05) is 0 Å². The summed E-state index contributed by atoms with van der Waals surface area (Å²) in [4.78, 5) is 0. The summed E-state index contributed by atoms with van der Waals surface area (Å²) >= 11 is 0. The SMILES string of the molecule is CCCCCC(C)CCCCC(C)CC(C)C. The molecule has 0 aliphatic rings. The van der Waals surface area contributed by atoms with Gasteiger partial charge < -0.3 is 0 Å². The van der Waals surface area contributed by atoms with Crippen molar-refractivity contribution in [2.24, 2.45) is 17.8 Å². The Morgan fingerprint density at radius 1 is 0.647 bits per heavy atom. The van der Waals surface area contributed by atoms with Crippen LogP contribution in [0.5, 0.6) is 0 Å². The van der Waals surface area contributed by atoms with Crippen LogP contribution in [0.15, 0.2) is 0 Å². The van der Waals surface area contributed by atoms with Crippen molar-refractivity contribution in [2.45, 2.75) is 92.4 Å². The van der Waals surface area contributed by atoms with Crippen LogP contribution in [0.3, 0.4) is 0 Å². The molecule has 0 saturated heterocycles. The molecule has 0 aromatic carbocycles. The molecule has 0 rings (SSSR count). The molecule has 0 aromatic heterocycles. The van der Waals surface area contributed by atoms with E-state index >= 15 is 0 Å². The van der Waals surface area contributed by atoms with Gasteiger partial charge in [-0.1, -0.05) is 86.0 Å². The Hall–Kier alpha value is 0. The number of rotatable bonds is 11. The van der Waals surface area contributed by atoms with Crippen molar-refractivity contribution in [3.05, 3.63) is 0 Å². The molecule has 0 aromatic rings. The molecule has 104 valence electrons. The maximum absolute atomic E-state index is 2.44. The predicted molar refractivity (Wildman–Crippen MR) is 80.4 cm³/mol. The van der Waals surface area contributed by atoms with Crippen LogP contribution >= 0.6 is 0 Å². The zero-order valence-corrected chi connectivity index (χ0v) is 13.1. The fraction of sp³-hybridized carbons (Fsp3) is 1.00. The second-order valence-corrected chi connectivity index (χ2v) is 6.62. The molecule has 0 N–H and O–H groups in total. The molecule has 0 aliphatic carbocycles. The van der Waals surface area contributed by atoms with Gasteiger partial charge in [-0.2, -0.15) is 0 Å². The first-order valence-electron chi connectivity index (χ1n) is 8.06. The zero-order chi connectivity index (χ0) is 13.1. The number of unbranched alkanes of at least 4 members (excludes halogenated alkanes) is 3. The van der Waals surface area contributed by atoms with E-state index in [1.54, 1.807) is 0 Å². The lowest BCUT2D eigenvalue weighted by Crippen LogP contribution is -2.01.